The number of aryl methyl sites for hydroxylation is 1. The van der Waals surface area contributed by atoms with Crippen molar-refractivity contribution in [3.63, 3.8) is 0 Å². The summed E-state index contributed by atoms with van der Waals surface area (Å²) in [6.45, 7) is 6.39. The van der Waals surface area contributed by atoms with Crippen LogP contribution < -0.4 is 10.1 Å². The summed E-state index contributed by atoms with van der Waals surface area (Å²) in [7, 11) is 1.65. The van der Waals surface area contributed by atoms with E-state index in [4.69, 9.17) is 9.72 Å². The molecule has 1 amide bonds. The number of fused-ring (bicyclic) bond motifs is 1. The summed E-state index contributed by atoms with van der Waals surface area (Å²) in [4.78, 5) is 29.1. The molecule has 0 radical (unpaired) electrons. The van der Waals surface area contributed by atoms with Crippen LogP contribution in [0.15, 0.2) is 66.9 Å². The van der Waals surface area contributed by atoms with Crippen LogP contribution in [-0.2, 0) is 11.2 Å². The summed E-state index contributed by atoms with van der Waals surface area (Å²) in [6, 6.07) is 19.4. The predicted molar refractivity (Wildman–Crippen MR) is 139 cm³/mol. The number of methoxy groups -OCH3 is 1. The molecule has 0 bridgehead atoms. The second-order valence-corrected chi connectivity index (χ2v) is 9.12. The molecule has 2 aromatic carbocycles. The van der Waals surface area contributed by atoms with Crippen LogP contribution in [0.3, 0.4) is 0 Å². The number of carbonyl (C=O) groups is 2. The van der Waals surface area contributed by atoms with Gasteiger partial charge in [0.05, 0.1) is 18.5 Å². The number of ketones is 1. The van der Waals surface area contributed by atoms with Crippen molar-refractivity contribution in [2.45, 2.75) is 33.6 Å². The summed E-state index contributed by atoms with van der Waals surface area (Å²) in [5.41, 5.74) is 6.26. The lowest BCUT2D eigenvalue weighted by Gasteiger charge is -2.10. The first-order chi connectivity index (χ1) is 16.9. The normalized spacial score (nSPS) is 11.1. The highest BCUT2D eigenvalue weighted by Crippen LogP contribution is 2.30. The van der Waals surface area contributed by atoms with E-state index in [2.05, 4.69) is 29.8 Å². The van der Waals surface area contributed by atoms with Crippen molar-refractivity contribution in [3.05, 3.63) is 78.1 Å². The van der Waals surface area contributed by atoms with Gasteiger partial charge in [-0.15, -0.1) is 0 Å². The molecule has 0 saturated heterocycles. The molecule has 0 aliphatic carbocycles. The topological polar surface area (TPSA) is 72.7 Å². The Morgan fingerprint density at radius 1 is 1.00 bits per heavy atom. The Morgan fingerprint density at radius 3 is 2.43 bits per heavy atom. The Balaban J connectivity index is 1.75. The van der Waals surface area contributed by atoms with Crippen LogP contribution in [0.1, 0.15) is 43.2 Å². The van der Waals surface area contributed by atoms with E-state index >= 15 is 0 Å². The van der Waals surface area contributed by atoms with Gasteiger partial charge in [-0.2, -0.15) is 0 Å². The average Bonchev–Trinajstić information content (AvgIpc) is 3.24. The molecule has 2 heterocycles. The fraction of sp³-hybridized carbons (Fsp3) is 0.276. The summed E-state index contributed by atoms with van der Waals surface area (Å²) in [6.07, 6.45) is 2.97. The van der Waals surface area contributed by atoms with Crippen molar-refractivity contribution in [1.82, 2.24) is 14.7 Å². The number of nitrogens with zero attached hydrogens (tertiary/aromatic N) is 2. The van der Waals surface area contributed by atoms with Crippen LogP contribution in [-0.4, -0.2) is 34.7 Å². The molecule has 0 aliphatic heterocycles. The lowest BCUT2D eigenvalue weighted by Crippen LogP contribution is -2.27. The largest absolute Gasteiger partial charge is 0.497 e. The first-order valence-corrected chi connectivity index (χ1v) is 11.9. The number of rotatable bonds is 9. The van der Waals surface area contributed by atoms with E-state index < -0.39 is 0 Å². The Hall–Kier alpha value is -3.93. The zero-order valence-electron chi connectivity index (χ0n) is 20.7. The van der Waals surface area contributed by atoms with E-state index in [1.165, 1.54) is 0 Å². The second-order valence-electron chi connectivity index (χ2n) is 9.12. The number of ether oxygens (including phenoxy) is 1. The van der Waals surface area contributed by atoms with E-state index in [1.807, 2.05) is 60.7 Å². The summed E-state index contributed by atoms with van der Waals surface area (Å²) >= 11 is 0. The van der Waals surface area contributed by atoms with E-state index in [1.54, 1.807) is 14.0 Å². The highest BCUT2D eigenvalue weighted by molar-refractivity contribution is 5.94. The van der Waals surface area contributed by atoms with Gasteiger partial charge in [0.2, 0.25) is 5.91 Å². The highest BCUT2D eigenvalue weighted by atomic mass is 16.5. The Labute approximate surface area is 206 Å². The van der Waals surface area contributed by atoms with Gasteiger partial charge in [-0.1, -0.05) is 50.2 Å². The number of hydrogen-bond donors (Lipinski definition) is 1. The van der Waals surface area contributed by atoms with Gasteiger partial charge < -0.3 is 14.5 Å². The Kier molecular flexibility index (Phi) is 7.30. The van der Waals surface area contributed by atoms with E-state index in [-0.39, 0.29) is 11.7 Å². The van der Waals surface area contributed by atoms with E-state index in [0.29, 0.717) is 30.9 Å². The number of Topliss-reactive ketones (excluding diaryl/α,β-unsaturated/α-hetero) is 1. The molecule has 0 aliphatic rings. The SMILES string of the molecule is COc1cccc(-c2nc3ccc(-c4ccc(C(C)=O)cc4)cn3c2CCC(=O)NCC(C)C)c1. The minimum absolute atomic E-state index is 0.0289. The third kappa shape index (κ3) is 5.60. The molecule has 6 nitrogen and oxygen atoms in total. The molecule has 2 aromatic heterocycles. The predicted octanol–water partition coefficient (Wildman–Crippen LogP) is 5.58. The summed E-state index contributed by atoms with van der Waals surface area (Å²) in [5.74, 6) is 1.23. The number of imidazole rings is 1. The summed E-state index contributed by atoms with van der Waals surface area (Å²) in [5, 5.41) is 3.01. The third-order valence-corrected chi connectivity index (χ3v) is 5.98. The van der Waals surface area contributed by atoms with Gasteiger partial charge in [0, 0.05) is 30.3 Å². The smallest absolute Gasteiger partial charge is 0.220 e. The van der Waals surface area contributed by atoms with E-state index in [0.717, 1.165) is 39.5 Å². The van der Waals surface area contributed by atoms with Crippen LogP contribution in [0.25, 0.3) is 28.0 Å². The average molecular weight is 470 g/mol. The molecule has 0 spiro atoms. The first-order valence-electron chi connectivity index (χ1n) is 11.9. The molecule has 4 rings (SSSR count). The van der Waals surface area contributed by atoms with Gasteiger partial charge in [0.25, 0.3) is 0 Å². The number of amides is 1. The molecular formula is C29H31N3O3. The van der Waals surface area contributed by atoms with Crippen molar-refractivity contribution in [3.8, 4) is 28.1 Å². The fourth-order valence-electron chi connectivity index (χ4n) is 4.04. The van der Waals surface area contributed by atoms with Crippen molar-refractivity contribution >= 4 is 17.3 Å². The molecule has 0 saturated carbocycles. The monoisotopic (exact) mass is 469 g/mol. The molecule has 0 unspecified atom stereocenters. The number of nitrogens with one attached hydrogen (secondary N) is 1. The summed E-state index contributed by atoms with van der Waals surface area (Å²) < 4.78 is 7.49. The van der Waals surface area contributed by atoms with Gasteiger partial charge in [-0.3, -0.25) is 9.59 Å². The maximum atomic E-state index is 12.5. The van der Waals surface area contributed by atoms with Crippen LogP contribution >= 0.6 is 0 Å². The van der Waals surface area contributed by atoms with Crippen molar-refractivity contribution in [2.24, 2.45) is 5.92 Å². The lowest BCUT2D eigenvalue weighted by molar-refractivity contribution is -0.121. The van der Waals surface area contributed by atoms with Gasteiger partial charge in [-0.05, 0) is 54.7 Å². The second kappa shape index (κ2) is 10.6. The Morgan fingerprint density at radius 2 is 1.74 bits per heavy atom. The van der Waals surface area contributed by atoms with Crippen LogP contribution in [0.5, 0.6) is 5.75 Å². The number of pyridine rings is 1. The van der Waals surface area contributed by atoms with E-state index in [9.17, 15) is 9.59 Å². The third-order valence-electron chi connectivity index (χ3n) is 5.98. The van der Waals surface area contributed by atoms with Crippen molar-refractivity contribution in [2.75, 3.05) is 13.7 Å². The molecule has 1 N–H and O–H groups in total. The number of aromatic nitrogens is 2. The van der Waals surface area contributed by atoms with Gasteiger partial charge in [0.1, 0.15) is 11.4 Å². The number of benzene rings is 2. The first kappa shape index (κ1) is 24.2. The molecule has 180 valence electrons. The molecule has 6 heteroatoms. The molecule has 0 atom stereocenters. The number of hydrogen-bond acceptors (Lipinski definition) is 4. The van der Waals surface area contributed by atoms with Gasteiger partial charge >= 0.3 is 0 Å². The minimum atomic E-state index is 0.0289. The molecular weight excluding hydrogens is 438 g/mol. The quantitative estimate of drug-likeness (QED) is 0.325. The maximum Gasteiger partial charge on any atom is 0.220 e. The highest BCUT2D eigenvalue weighted by Gasteiger charge is 2.17. The lowest BCUT2D eigenvalue weighted by atomic mass is 10.0. The van der Waals surface area contributed by atoms with Crippen LogP contribution in [0, 0.1) is 5.92 Å². The Bertz CT molecular complexity index is 1350. The van der Waals surface area contributed by atoms with Gasteiger partial charge in [-0.25, -0.2) is 4.98 Å². The van der Waals surface area contributed by atoms with Crippen molar-refractivity contribution in [1.29, 1.82) is 0 Å². The molecule has 35 heavy (non-hydrogen) atoms. The standard InChI is InChI=1S/C29H31N3O3/c1-19(2)17-30-28(34)15-13-26-29(23-6-5-7-25(16-23)35-4)31-27-14-12-24(18-32(26)27)22-10-8-21(9-11-22)20(3)33/h5-12,14,16,18-19H,13,15,17H2,1-4H3,(H,30,34). The van der Waals surface area contributed by atoms with Gasteiger partial charge in [0.15, 0.2) is 5.78 Å². The zero-order chi connectivity index (χ0) is 24.9. The number of carbonyl (C=O) groups excluding carboxylic acids is 2. The molecule has 0 fully saturated rings. The fourth-order valence-corrected chi connectivity index (χ4v) is 4.04. The maximum absolute atomic E-state index is 12.5. The van der Waals surface area contributed by atoms with Crippen LogP contribution in [0.2, 0.25) is 0 Å². The van der Waals surface area contributed by atoms with Crippen LogP contribution in [0.4, 0.5) is 0 Å². The minimum Gasteiger partial charge on any atom is -0.497 e. The zero-order valence-corrected chi connectivity index (χ0v) is 20.7. The van der Waals surface area contributed by atoms with Crippen molar-refractivity contribution < 1.29 is 14.3 Å². The molecule has 4 aromatic rings.